The predicted molar refractivity (Wildman–Crippen MR) is 150 cm³/mol. The minimum atomic E-state index is -1.24. The van der Waals surface area contributed by atoms with Crippen molar-refractivity contribution in [2.24, 2.45) is 0 Å². The van der Waals surface area contributed by atoms with Gasteiger partial charge in [-0.05, 0) is 54.0 Å². The summed E-state index contributed by atoms with van der Waals surface area (Å²) >= 11 is 12.3. The van der Waals surface area contributed by atoms with Crippen LogP contribution in [0, 0.1) is 0 Å². The normalized spacial score (nSPS) is 21.3. The Hall–Kier alpha value is -3.08. The number of aliphatic hydroxyl groups excluding tert-OH is 3. The van der Waals surface area contributed by atoms with Gasteiger partial charge in [0.05, 0.1) is 42.3 Å². The highest BCUT2D eigenvalue weighted by Crippen LogP contribution is 2.51. The molecule has 0 bridgehead atoms. The molecule has 0 fully saturated rings. The molecule has 4 unspecified atom stereocenters. The highest BCUT2D eigenvalue weighted by molar-refractivity contribution is 6.42. The molecule has 0 radical (unpaired) electrons. The van der Waals surface area contributed by atoms with E-state index in [1.54, 1.807) is 42.5 Å². The van der Waals surface area contributed by atoms with Gasteiger partial charge in [0.1, 0.15) is 12.2 Å². The van der Waals surface area contributed by atoms with Gasteiger partial charge in [-0.1, -0.05) is 42.3 Å². The Balaban J connectivity index is 1.83. The van der Waals surface area contributed by atoms with E-state index in [1.165, 1.54) is 18.1 Å². The number of rotatable bonds is 10. The summed E-state index contributed by atoms with van der Waals surface area (Å²) in [5.41, 5.74) is 2.06. The molecule has 1 heterocycles. The summed E-state index contributed by atoms with van der Waals surface area (Å²) in [6.07, 6.45) is 3.16. The average molecular weight is 591 g/mol. The second kappa shape index (κ2) is 13.1. The van der Waals surface area contributed by atoms with Gasteiger partial charge in [-0.2, -0.15) is 0 Å². The van der Waals surface area contributed by atoms with Crippen molar-refractivity contribution in [3.8, 4) is 11.5 Å². The topological polar surface area (TPSA) is 129 Å². The third-order valence-corrected chi connectivity index (χ3v) is 7.71. The number of carbonyl (C=O) groups excluding carboxylic acids is 2. The lowest BCUT2D eigenvalue weighted by Gasteiger charge is -2.40. The SMILES string of the molecule is CCC=CC(=O)N(Cc1ccc(Cl)c(Cl)c1)C1C=C(C(=O)NCCO)C2c3cc(CO)cc(OC)c3OC2C1O. The van der Waals surface area contributed by atoms with Crippen molar-refractivity contribution in [2.45, 2.75) is 50.7 Å². The van der Waals surface area contributed by atoms with Crippen LogP contribution in [0.3, 0.4) is 0 Å². The predicted octanol–water partition coefficient (Wildman–Crippen LogP) is 3.11. The molecule has 0 aromatic heterocycles. The van der Waals surface area contributed by atoms with Crippen LogP contribution in [0.4, 0.5) is 0 Å². The highest BCUT2D eigenvalue weighted by atomic mass is 35.5. The van der Waals surface area contributed by atoms with Gasteiger partial charge in [-0.25, -0.2) is 0 Å². The van der Waals surface area contributed by atoms with E-state index < -0.39 is 30.1 Å². The minimum absolute atomic E-state index is 0.0135. The Morgan fingerprint density at radius 2 is 1.93 bits per heavy atom. The summed E-state index contributed by atoms with van der Waals surface area (Å²) in [7, 11) is 1.46. The molecule has 11 heteroatoms. The first-order valence-corrected chi connectivity index (χ1v) is 13.7. The quantitative estimate of drug-likeness (QED) is 0.313. The number of methoxy groups -OCH3 is 1. The first kappa shape index (κ1) is 29.9. The van der Waals surface area contributed by atoms with Gasteiger partial charge in [0.15, 0.2) is 11.5 Å². The number of carbonyl (C=O) groups is 2. The Morgan fingerprint density at radius 1 is 1.15 bits per heavy atom. The molecular formula is C29H32Cl2N2O7. The number of hydrogen-bond donors (Lipinski definition) is 4. The van der Waals surface area contributed by atoms with Gasteiger partial charge in [0.2, 0.25) is 11.8 Å². The molecule has 4 rings (SSSR count). The lowest BCUT2D eigenvalue weighted by Crippen LogP contribution is -2.55. The van der Waals surface area contributed by atoms with Crippen LogP contribution in [0.1, 0.15) is 36.0 Å². The number of nitrogens with one attached hydrogen (secondary N) is 1. The lowest BCUT2D eigenvalue weighted by atomic mass is 9.77. The molecule has 2 aliphatic rings. The van der Waals surface area contributed by atoms with Gasteiger partial charge in [0.25, 0.3) is 0 Å². The van der Waals surface area contributed by atoms with Gasteiger partial charge >= 0.3 is 0 Å². The number of hydrogen-bond acceptors (Lipinski definition) is 7. The van der Waals surface area contributed by atoms with E-state index in [4.69, 9.17) is 32.7 Å². The Kier molecular flexibility index (Phi) is 9.76. The van der Waals surface area contributed by atoms with E-state index in [1.807, 2.05) is 6.92 Å². The summed E-state index contributed by atoms with van der Waals surface area (Å²) in [5, 5.41) is 34.2. The zero-order valence-electron chi connectivity index (χ0n) is 22.1. The fourth-order valence-electron chi connectivity index (χ4n) is 5.10. The zero-order valence-corrected chi connectivity index (χ0v) is 23.7. The molecule has 40 heavy (non-hydrogen) atoms. The highest BCUT2D eigenvalue weighted by Gasteiger charge is 2.51. The number of nitrogens with zero attached hydrogens (tertiary/aromatic N) is 1. The number of aliphatic hydroxyl groups is 3. The van der Waals surface area contributed by atoms with Crippen molar-refractivity contribution < 1.29 is 34.4 Å². The van der Waals surface area contributed by atoms with Crippen molar-refractivity contribution in [1.82, 2.24) is 10.2 Å². The summed E-state index contributed by atoms with van der Waals surface area (Å²) < 4.78 is 11.7. The van der Waals surface area contributed by atoms with Crippen LogP contribution in [0.25, 0.3) is 0 Å². The summed E-state index contributed by atoms with van der Waals surface area (Å²) in [6.45, 7) is 1.44. The van der Waals surface area contributed by atoms with Gasteiger partial charge in [-0.15, -0.1) is 0 Å². The summed E-state index contributed by atoms with van der Waals surface area (Å²) in [6, 6.07) is 7.39. The van der Waals surface area contributed by atoms with Crippen LogP contribution in [0.15, 0.2) is 54.1 Å². The smallest absolute Gasteiger partial charge is 0.247 e. The standard InChI is InChI=1S/C29H32Cl2N2O7/c1-3-4-5-24(36)33(14-16-6-7-20(30)21(31)11-16)22-13-19(29(38)32-8-9-34)25-18-10-17(15-35)12-23(39-2)27(18)40-28(25)26(22)37/h4-7,10-13,22,25-26,28,34-35,37H,3,8-9,14-15H2,1-2H3,(H,32,38). The molecule has 0 spiro atoms. The molecule has 2 aromatic carbocycles. The Labute approximate surface area is 242 Å². The number of amides is 2. The first-order chi connectivity index (χ1) is 19.2. The Morgan fingerprint density at radius 3 is 2.58 bits per heavy atom. The summed E-state index contributed by atoms with van der Waals surface area (Å²) in [5.74, 6) is -0.865. The van der Waals surface area contributed by atoms with Crippen LogP contribution in [0.2, 0.25) is 10.0 Å². The minimum Gasteiger partial charge on any atom is -0.493 e. The zero-order chi connectivity index (χ0) is 29.0. The number of allylic oxidation sites excluding steroid dienone is 1. The number of benzene rings is 2. The van der Waals surface area contributed by atoms with E-state index >= 15 is 0 Å². The third-order valence-electron chi connectivity index (χ3n) is 6.97. The van der Waals surface area contributed by atoms with Crippen LogP contribution in [-0.2, 0) is 22.7 Å². The molecule has 4 N–H and O–H groups in total. The number of fused-ring (bicyclic) bond motifs is 3. The molecule has 214 valence electrons. The fraction of sp³-hybridized carbons (Fsp3) is 0.379. The monoisotopic (exact) mass is 590 g/mol. The third kappa shape index (κ3) is 5.99. The van der Waals surface area contributed by atoms with E-state index in [9.17, 15) is 24.9 Å². The molecule has 1 aliphatic heterocycles. The Bertz CT molecular complexity index is 1330. The van der Waals surface area contributed by atoms with Crippen LogP contribution in [0.5, 0.6) is 11.5 Å². The van der Waals surface area contributed by atoms with Crippen molar-refractivity contribution in [2.75, 3.05) is 20.3 Å². The molecule has 1 aliphatic carbocycles. The maximum absolute atomic E-state index is 13.5. The van der Waals surface area contributed by atoms with Gasteiger partial charge in [0, 0.05) is 24.2 Å². The van der Waals surface area contributed by atoms with Gasteiger partial charge in [-0.3, -0.25) is 9.59 Å². The molecular weight excluding hydrogens is 559 g/mol. The van der Waals surface area contributed by atoms with Crippen LogP contribution in [-0.4, -0.2) is 70.5 Å². The van der Waals surface area contributed by atoms with Crippen molar-refractivity contribution in [1.29, 1.82) is 0 Å². The van der Waals surface area contributed by atoms with Crippen molar-refractivity contribution >= 4 is 35.0 Å². The number of halogens is 2. The molecule has 0 saturated carbocycles. The van der Waals surface area contributed by atoms with E-state index in [-0.39, 0.29) is 37.8 Å². The molecule has 2 amide bonds. The maximum Gasteiger partial charge on any atom is 0.247 e. The van der Waals surface area contributed by atoms with E-state index in [0.29, 0.717) is 44.7 Å². The molecule has 2 aromatic rings. The molecule has 9 nitrogen and oxygen atoms in total. The largest absolute Gasteiger partial charge is 0.493 e. The fourth-order valence-corrected chi connectivity index (χ4v) is 5.42. The van der Waals surface area contributed by atoms with Gasteiger partial charge < -0.3 is 35.0 Å². The second-order valence-corrected chi connectivity index (χ2v) is 10.4. The van der Waals surface area contributed by atoms with E-state index in [0.717, 1.165) is 0 Å². The second-order valence-electron chi connectivity index (χ2n) is 9.54. The van der Waals surface area contributed by atoms with E-state index in [2.05, 4.69) is 5.32 Å². The average Bonchev–Trinajstić information content (AvgIpc) is 3.35. The lowest BCUT2D eigenvalue weighted by molar-refractivity contribution is -0.133. The first-order valence-electron chi connectivity index (χ1n) is 12.9. The number of ether oxygens (including phenoxy) is 2. The van der Waals surface area contributed by atoms with Crippen LogP contribution < -0.4 is 14.8 Å². The van der Waals surface area contributed by atoms with Crippen LogP contribution >= 0.6 is 23.2 Å². The molecule has 0 saturated heterocycles. The van der Waals surface area contributed by atoms with Crippen molar-refractivity contribution in [3.05, 3.63) is 80.9 Å². The maximum atomic E-state index is 13.5. The van der Waals surface area contributed by atoms with Crippen molar-refractivity contribution in [3.63, 3.8) is 0 Å². The molecule has 4 atom stereocenters. The summed E-state index contributed by atoms with van der Waals surface area (Å²) in [4.78, 5) is 28.3.